The summed E-state index contributed by atoms with van der Waals surface area (Å²) in [7, 11) is 3.28. The molecule has 8 nitrogen and oxygen atoms in total. The Labute approximate surface area is 219 Å². The maximum atomic E-state index is 13.1. The first kappa shape index (κ1) is 26.7. The zero-order valence-electron chi connectivity index (χ0n) is 21.9. The van der Waals surface area contributed by atoms with Crippen LogP contribution in [0.25, 0.3) is 0 Å². The molecule has 2 aliphatic rings. The number of aldehydes is 1. The van der Waals surface area contributed by atoms with Gasteiger partial charge in [0.2, 0.25) is 5.91 Å². The molecule has 37 heavy (non-hydrogen) atoms. The SMILES string of the molecule is CNC(=O)C(CCC=O)N1Cc2c(CCCCN3CCN(c4ccccc4OC)CC3)cccc2C1=O. The van der Waals surface area contributed by atoms with Gasteiger partial charge in [0, 0.05) is 51.8 Å². The van der Waals surface area contributed by atoms with Crippen LogP contribution in [0.15, 0.2) is 42.5 Å². The van der Waals surface area contributed by atoms with E-state index in [1.165, 1.54) is 5.56 Å². The number of benzene rings is 2. The van der Waals surface area contributed by atoms with Crippen molar-refractivity contribution in [3.63, 3.8) is 0 Å². The van der Waals surface area contributed by atoms with Gasteiger partial charge >= 0.3 is 0 Å². The largest absolute Gasteiger partial charge is 0.495 e. The van der Waals surface area contributed by atoms with Gasteiger partial charge in [-0.1, -0.05) is 24.3 Å². The third-order valence-corrected chi connectivity index (χ3v) is 7.54. The Kier molecular flexibility index (Phi) is 9.17. The Balaban J connectivity index is 1.28. The standard InChI is InChI=1S/C29H38N4O4/c1-30-28(35)26(13-8-20-34)33-21-24-22(10-7-11-23(24)29(33)36)9-5-6-15-31-16-18-32(19-17-31)25-12-3-4-14-27(25)37-2/h3-4,7,10-12,14,20,26H,5-6,8-9,13,15-19,21H2,1-2H3,(H,30,35). The van der Waals surface area contributed by atoms with Gasteiger partial charge in [-0.2, -0.15) is 0 Å². The fourth-order valence-electron chi connectivity index (χ4n) is 5.48. The quantitative estimate of drug-likeness (QED) is 0.352. The summed E-state index contributed by atoms with van der Waals surface area (Å²) >= 11 is 0. The van der Waals surface area contributed by atoms with E-state index in [2.05, 4.69) is 33.3 Å². The molecule has 1 atom stereocenters. The minimum Gasteiger partial charge on any atom is -0.495 e. The van der Waals surface area contributed by atoms with E-state index in [0.717, 1.165) is 75.3 Å². The van der Waals surface area contributed by atoms with Crippen molar-refractivity contribution < 1.29 is 19.1 Å². The highest BCUT2D eigenvalue weighted by Gasteiger charge is 2.36. The van der Waals surface area contributed by atoms with E-state index in [9.17, 15) is 14.4 Å². The van der Waals surface area contributed by atoms with Crippen LogP contribution in [0.1, 0.15) is 47.2 Å². The number of carbonyl (C=O) groups is 3. The van der Waals surface area contributed by atoms with Crippen LogP contribution < -0.4 is 15.0 Å². The van der Waals surface area contributed by atoms with Crippen LogP contribution in [0.4, 0.5) is 5.69 Å². The molecule has 1 fully saturated rings. The van der Waals surface area contributed by atoms with Gasteiger partial charge in [-0.3, -0.25) is 14.5 Å². The number of amides is 2. The lowest BCUT2D eigenvalue weighted by atomic mass is 9.98. The number of ether oxygens (including phenoxy) is 1. The first-order chi connectivity index (χ1) is 18.1. The summed E-state index contributed by atoms with van der Waals surface area (Å²) in [5.41, 5.74) is 4.05. The molecule has 2 aromatic rings. The van der Waals surface area contributed by atoms with Crippen molar-refractivity contribution >= 4 is 23.8 Å². The number of nitrogens with zero attached hydrogens (tertiary/aromatic N) is 3. The van der Waals surface area contributed by atoms with E-state index >= 15 is 0 Å². The Morgan fingerprint density at radius 1 is 1.08 bits per heavy atom. The van der Waals surface area contributed by atoms with Crippen molar-refractivity contribution in [1.82, 2.24) is 15.1 Å². The van der Waals surface area contributed by atoms with Crippen LogP contribution >= 0.6 is 0 Å². The summed E-state index contributed by atoms with van der Waals surface area (Å²) in [4.78, 5) is 43.0. The lowest BCUT2D eigenvalue weighted by molar-refractivity contribution is -0.125. The lowest BCUT2D eigenvalue weighted by Gasteiger charge is -2.36. The third kappa shape index (κ3) is 6.13. The van der Waals surface area contributed by atoms with Crippen LogP contribution in [0.5, 0.6) is 5.75 Å². The molecule has 8 heteroatoms. The van der Waals surface area contributed by atoms with Crippen LogP contribution in [-0.2, 0) is 22.6 Å². The molecule has 1 unspecified atom stereocenters. The fourth-order valence-corrected chi connectivity index (χ4v) is 5.48. The van der Waals surface area contributed by atoms with Gasteiger partial charge in [0.25, 0.3) is 5.91 Å². The number of likely N-dealkylation sites (N-methyl/N-ethyl adjacent to an activating group) is 1. The van der Waals surface area contributed by atoms with Crippen molar-refractivity contribution in [2.45, 2.75) is 44.7 Å². The second kappa shape index (κ2) is 12.7. The van der Waals surface area contributed by atoms with E-state index < -0.39 is 6.04 Å². The van der Waals surface area contributed by atoms with E-state index in [-0.39, 0.29) is 18.2 Å². The zero-order chi connectivity index (χ0) is 26.2. The molecule has 0 saturated carbocycles. The summed E-state index contributed by atoms with van der Waals surface area (Å²) in [5, 5.41) is 2.64. The number of fused-ring (bicyclic) bond motifs is 1. The zero-order valence-corrected chi connectivity index (χ0v) is 21.9. The highest BCUT2D eigenvalue weighted by atomic mass is 16.5. The monoisotopic (exact) mass is 506 g/mol. The number of carbonyl (C=O) groups excluding carboxylic acids is 3. The minimum absolute atomic E-state index is 0.121. The average molecular weight is 507 g/mol. The number of anilines is 1. The molecule has 0 aliphatic carbocycles. The van der Waals surface area contributed by atoms with Crippen molar-refractivity contribution in [3.05, 3.63) is 59.2 Å². The predicted octanol–water partition coefficient (Wildman–Crippen LogP) is 2.89. The number of methoxy groups -OCH3 is 1. The minimum atomic E-state index is -0.627. The molecule has 0 aromatic heterocycles. The second-order valence-corrected chi connectivity index (χ2v) is 9.71. The topological polar surface area (TPSA) is 82.2 Å². The number of hydrogen-bond donors (Lipinski definition) is 1. The molecule has 2 aliphatic heterocycles. The molecule has 2 heterocycles. The summed E-state index contributed by atoms with van der Waals surface area (Å²) in [6.45, 7) is 5.52. The number of rotatable bonds is 12. The number of piperazine rings is 1. The molecule has 0 spiro atoms. The molecule has 1 saturated heterocycles. The number of nitrogens with one attached hydrogen (secondary N) is 1. The van der Waals surface area contributed by atoms with Gasteiger partial charge in [-0.25, -0.2) is 0 Å². The van der Waals surface area contributed by atoms with Crippen LogP contribution in [-0.4, -0.2) is 80.8 Å². The van der Waals surface area contributed by atoms with Gasteiger partial charge < -0.3 is 24.6 Å². The maximum Gasteiger partial charge on any atom is 0.255 e. The summed E-state index contributed by atoms with van der Waals surface area (Å²) in [6, 6.07) is 13.5. The molecular weight excluding hydrogens is 468 g/mol. The molecule has 2 amide bonds. The Morgan fingerprint density at radius 2 is 1.86 bits per heavy atom. The van der Waals surface area contributed by atoms with Crippen molar-refractivity contribution in [3.8, 4) is 5.75 Å². The average Bonchev–Trinajstić information content (AvgIpc) is 3.28. The Bertz CT molecular complexity index is 1100. The fraction of sp³-hybridized carbons (Fsp3) is 0.483. The number of aryl methyl sites for hydroxylation is 1. The number of hydrogen-bond acceptors (Lipinski definition) is 6. The highest BCUT2D eigenvalue weighted by molar-refractivity contribution is 6.01. The van der Waals surface area contributed by atoms with Crippen LogP contribution in [0.3, 0.4) is 0 Å². The van der Waals surface area contributed by atoms with E-state index in [0.29, 0.717) is 18.5 Å². The molecule has 1 N–H and O–H groups in total. The van der Waals surface area contributed by atoms with Crippen molar-refractivity contribution in [2.24, 2.45) is 0 Å². The van der Waals surface area contributed by atoms with E-state index in [1.807, 2.05) is 24.3 Å². The molecule has 0 radical (unpaired) electrons. The summed E-state index contributed by atoms with van der Waals surface area (Å²) in [6.07, 6.45) is 4.43. The van der Waals surface area contributed by atoms with Crippen molar-refractivity contribution in [1.29, 1.82) is 0 Å². The molecule has 198 valence electrons. The molecule has 0 bridgehead atoms. The predicted molar refractivity (Wildman–Crippen MR) is 144 cm³/mol. The second-order valence-electron chi connectivity index (χ2n) is 9.71. The van der Waals surface area contributed by atoms with Gasteiger partial charge in [0.05, 0.1) is 12.8 Å². The first-order valence-corrected chi connectivity index (χ1v) is 13.2. The lowest BCUT2D eigenvalue weighted by Crippen LogP contribution is -2.46. The molecular formula is C29H38N4O4. The number of unbranched alkanes of at least 4 members (excludes halogenated alkanes) is 1. The van der Waals surface area contributed by atoms with Crippen LogP contribution in [0, 0.1) is 0 Å². The summed E-state index contributed by atoms with van der Waals surface area (Å²) in [5.74, 6) is 0.577. The van der Waals surface area contributed by atoms with Gasteiger partial charge in [-0.15, -0.1) is 0 Å². The van der Waals surface area contributed by atoms with E-state index in [1.54, 1.807) is 19.1 Å². The molecule has 2 aromatic carbocycles. The Morgan fingerprint density at radius 3 is 2.59 bits per heavy atom. The molecule has 4 rings (SSSR count). The maximum absolute atomic E-state index is 13.1. The normalized spacial score (nSPS) is 16.4. The van der Waals surface area contributed by atoms with Crippen molar-refractivity contribution in [2.75, 3.05) is 51.8 Å². The third-order valence-electron chi connectivity index (χ3n) is 7.54. The van der Waals surface area contributed by atoms with Gasteiger partial charge in [0.15, 0.2) is 0 Å². The van der Waals surface area contributed by atoms with Crippen LogP contribution in [0.2, 0.25) is 0 Å². The van der Waals surface area contributed by atoms with Gasteiger partial charge in [-0.05, 0) is 61.6 Å². The summed E-state index contributed by atoms with van der Waals surface area (Å²) < 4.78 is 5.53. The van der Waals surface area contributed by atoms with Gasteiger partial charge in [0.1, 0.15) is 18.1 Å². The highest BCUT2D eigenvalue weighted by Crippen LogP contribution is 2.30. The van der Waals surface area contributed by atoms with E-state index in [4.69, 9.17) is 4.74 Å². The Hall–Kier alpha value is -3.39. The first-order valence-electron chi connectivity index (χ1n) is 13.2. The smallest absolute Gasteiger partial charge is 0.255 e. The number of para-hydroxylation sites is 2.